The topological polar surface area (TPSA) is 102 Å². The number of thiophene rings is 1. The van der Waals surface area contributed by atoms with Gasteiger partial charge in [-0.25, -0.2) is 4.79 Å². The van der Waals surface area contributed by atoms with Crippen molar-refractivity contribution in [1.82, 2.24) is 4.90 Å². The van der Waals surface area contributed by atoms with Crippen molar-refractivity contribution in [1.29, 1.82) is 0 Å². The standard InChI is InChI=1S/C25H23N3O5S/c1-33-25(30)23-20-13-14-27(15-18-5-3-2-4-6-18)16-21(20)34-24(23)26-22(29)12-9-17-7-10-19(11-8-17)28(31)32/h2-12H,13-16H2,1H3,(H,26,29). The molecule has 8 nitrogen and oxygen atoms in total. The average molecular weight is 478 g/mol. The third kappa shape index (κ3) is 5.38. The summed E-state index contributed by atoms with van der Waals surface area (Å²) in [6, 6.07) is 16.1. The highest BCUT2D eigenvalue weighted by atomic mass is 32.1. The molecule has 34 heavy (non-hydrogen) atoms. The van der Waals surface area contributed by atoms with Crippen molar-refractivity contribution in [3.8, 4) is 0 Å². The zero-order valence-corrected chi connectivity index (χ0v) is 19.3. The fourth-order valence-corrected chi connectivity index (χ4v) is 5.15. The first-order valence-electron chi connectivity index (χ1n) is 10.7. The number of hydrogen-bond acceptors (Lipinski definition) is 7. The Morgan fingerprint density at radius 1 is 1.18 bits per heavy atom. The molecular weight excluding hydrogens is 454 g/mol. The summed E-state index contributed by atoms with van der Waals surface area (Å²) in [5.41, 5.74) is 3.20. The molecule has 2 heterocycles. The number of methoxy groups -OCH3 is 1. The minimum absolute atomic E-state index is 0.0187. The molecule has 1 aromatic heterocycles. The van der Waals surface area contributed by atoms with Gasteiger partial charge in [-0.3, -0.25) is 19.8 Å². The molecule has 1 aliphatic rings. The third-order valence-corrected chi connectivity index (χ3v) is 6.67. The number of nitro benzene ring substituents is 1. The Hall–Kier alpha value is -3.82. The second kappa shape index (κ2) is 10.4. The smallest absolute Gasteiger partial charge is 0.341 e. The zero-order chi connectivity index (χ0) is 24.1. The SMILES string of the molecule is COC(=O)c1c(NC(=O)C=Cc2ccc([N+](=O)[O-])cc2)sc2c1CCN(Cc1ccccc1)C2. The molecule has 4 rings (SSSR count). The molecule has 1 amide bonds. The van der Waals surface area contributed by atoms with Gasteiger partial charge in [0.1, 0.15) is 5.00 Å². The average Bonchev–Trinajstić information content (AvgIpc) is 3.20. The van der Waals surface area contributed by atoms with Crippen molar-refractivity contribution in [3.63, 3.8) is 0 Å². The molecule has 2 aromatic carbocycles. The summed E-state index contributed by atoms with van der Waals surface area (Å²) in [6.07, 6.45) is 3.59. The second-order valence-electron chi connectivity index (χ2n) is 7.82. The number of fused-ring (bicyclic) bond motifs is 1. The lowest BCUT2D eigenvalue weighted by molar-refractivity contribution is -0.384. The van der Waals surface area contributed by atoms with E-state index < -0.39 is 16.8 Å². The normalized spacial score (nSPS) is 13.4. The largest absolute Gasteiger partial charge is 0.465 e. The number of ether oxygens (including phenoxy) is 1. The van der Waals surface area contributed by atoms with Gasteiger partial charge in [-0.1, -0.05) is 30.3 Å². The molecule has 0 unspecified atom stereocenters. The van der Waals surface area contributed by atoms with Gasteiger partial charge in [-0.15, -0.1) is 11.3 Å². The van der Waals surface area contributed by atoms with E-state index in [9.17, 15) is 19.7 Å². The number of nitrogens with zero attached hydrogens (tertiary/aromatic N) is 2. The number of carbonyl (C=O) groups is 2. The number of benzene rings is 2. The van der Waals surface area contributed by atoms with Crippen molar-refractivity contribution >= 4 is 40.0 Å². The number of nitro groups is 1. The van der Waals surface area contributed by atoms with Gasteiger partial charge < -0.3 is 10.1 Å². The summed E-state index contributed by atoms with van der Waals surface area (Å²) in [5, 5.41) is 14.1. The van der Waals surface area contributed by atoms with Gasteiger partial charge in [0, 0.05) is 42.7 Å². The van der Waals surface area contributed by atoms with Crippen molar-refractivity contribution in [3.05, 3.63) is 97.9 Å². The van der Waals surface area contributed by atoms with Crippen LogP contribution in [0.4, 0.5) is 10.7 Å². The first-order valence-corrected chi connectivity index (χ1v) is 11.5. The second-order valence-corrected chi connectivity index (χ2v) is 8.92. The number of anilines is 1. The Bertz CT molecular complexity index is 1240. The molecule has 174 valence electrons. The highest BCUT2D eigenvalue weighted by Crippen LogP contribution is 2.38. The molecule has 0 saturated heterocycles. The van der Waals surface area contributed by atoms with E-state index in [1.54, 1.807) is 18.2 Å². The van der Waals surface area contributed by atoms with Crippen LogP contribution in [-0.2, 0) is 29.0 Å². The number of amides is 1. The molecule has 0 atom stereocenters. The Morgan fingerprint density at radius 3 is 2.59 bits per heavy atom. The van der Waals surface area contributed by atoms with Crippen LogP contribution in [0.15, 0.2) is 60.7 Å². The summed E-state index contributed by atoms with van der Waals surface area (Å²) in [5.74, 6) is -0.869. The highest BCUT2D eigenvalue weighted by molar-refractivity contribution is 7.17. The van der Waals surface area contributed by atoms with E-state index in [0.29, 0.717) is 29.1 Å². The minimum atomic E-state index is -0.478. The number of carbonyl (C=O) groups excluding carboxylic acids is 2. The van der Waals surface area contributed by atoms with Crippen molar-refractivity contribution in [2.75, 3.05) is 19.0 Å². The van der Waals surface area contributed by atoms with Crippen molar-refractivity contribution in [2.24, 2.45) is 0 Å². The molecule has 0 spiro atoms. The number of rotatable bonds is 7. The van der Waals surface area contributed by atoms with Crippen LogP contribution < -0.4 is 5.32 Å². The van der Waals surface area contributed by atoms with Crippen LogP contribution in [0, 0.1) is 10.1 Å². The van der Waals surface area contributed by atoms with Crippen LogP contribution in [0.2, 0.25) is 0 Å². The van der Waals surface area contributed by atoms with E-state index in [-0.39, 0.29) is 5.69 Å². The van der Waals surface area contributed by atoms with Gasteiger partial charge >= 0.3 is 5.97 Å². The quantitative estimate of drug-likeness (QED) is 0.230. The molecule has 0 radical (unpaired) electrons. The predicted octanol–water partition coefficient (Wildman–Crippen LogP) is 4.65. The fraction of sp³-hybridized carbons (Fsp3) is 0.200. The van der Waals surface area contributed by atoms with E-state index in [4.69, 9.17) is 4.74 Å². The molecule has 0 saturated carbocycles. The third-order valence-electron chi connectivity index (χ3n) is 5.54. The Kier molecular flexibility index (Phi) is 7.15. The Morgan fingerprint density at radius 2 is 1.91 bits per heavy atom. The number of non-ortho nitro benzene ring substituents is 1. The predicted molar refractivity (Wildman–Crippen MR) is 131 cm³/mol. The lowest BCUT2D eigenvalue weighted by Crippen LogP contribution is -2.29. The van der Waals surface area contributed by atoms with E-state index in [1.165, 1.54) is 42.2 Å². The first-order chi connectivity index (χ1) is 16.4. The van der Waals surface area contributed by atoms with Crippen molar-refractivity contribution in [2.45, 2.75) is 19.5 Å². The van der Waals surface area contributed by atoms with Gasteiger partial charge in [-0.2, -0.15) is 0 Å². The highest BCUT2D eigenvalue weighted by Gasteiger charge is 2.29. The van der Waals surface area contributed by atoms with Gasteiger partial charge in [0.05, 0.1) is 17.6 Å². The summed E-state index contributed by atoms with van der Waals surface area (Å²) >= 11 is 1.39. The van der Waals surface area contributed by atoms with E-state index in [1.807, 2.05) is 18.2 Å². The van der Waals surface area contributed by atoms with Crippen LogP contribution in [0.25, 0.3) is 6.08 Å². The van der Waals surface area contributed by atoms with E-state index >= 15 is 0 Å². The fourth-order valence-electron chi connectivity index (χ4n) is 3.87. The molecule has 3 aromatic rings. The van der Waals surface area contributed by atoms with Crippen LogP contribution >= 0.6 is 11.3 Å². The summed E-state index contributed by atoms with van der Waals surface area (Å²) in [6.45, 7) is 2.30. The molecular formula is C25H23N3O5S. The lowest BCUT2D eigenvalue weighted by atomic mass is 10.0. The maximum Gasteiger partial charge on any atom is 0.341 e. The van der Waals surface area contributed by atoms with Crippen LogP contribution in [0.5, 0.6) is 0 Å². The van der Waals surface area contributed by atoms with Gasteiger partial charge in [0.15, 0.2) is 0 Å². The summed E-state index contributed by atoms with van der Waals surface area (Å²) < 4.78 is 4.99. The number of hydrogen-bond donors (Lipinski definition) is 1. The minimum Gasteiger partial charge on any atom is -0.465 e. The molecule has 1 aliphatic heterocycles. The van der Waals surface area contributed by atoms with Gasteiger partial charge in [-0.05, 0) is 41.3 Å². The van der Waals surface area contributed by atoms with Gasteiger partial charge in [0.2, 0.25) is 5.91 Å². The summed E-state index contributed by atoms with van der Waals surface area (Å²) in [7, 11) is 1.33. The van der Waals surface area contributed by atoms with Crippen LogP contribution in [0.3, 0.4) is 0 Å². The maximum absolute atomic E-state index is 12.6. The molecule has 1 N–H and O–H groups in total. The Balaban J connectivity index is 1.49. The van der Waals surface area contributed by atoms with E-state index in [2.05, 4.69) is 22.3 Å². The van der Waals surface area contributed by atoms with Crippen LogP contribution in [0.1, 0.15) is 31.9 Å². The lowest BCUT2D eigenvalue weighted by Gasteiger charge is -2.27. The molecule has 0 aliphatic carbocycles. The number of esters is 1. The summed E-state index contributed by atoms with van der Waals surface area (Å²) in [4.78, 5) is 38.8. The van der Waals surface area contributed by atoms with E-state index in [0.717, 1.165) is 23.5 Å². The maximum atomic E-state index is 12.6. The zero-order valence-electron chi connectivity index (χ0n) is 18.5. The Labute approximate surface area is 200 Å². The monoisotopic (exact) mass is 477 g/mol. The molecule has 0 fully saturated rings. The molecule has 9 heteroatoms. The van der Waals surface area contributed by atoms with Gasteiger partial charge in [0.25, 0.3) is 5.69 Å². The van der Waals surface area contributed by atoms with Crippen molar-refractivity contribution < 1.29 is 19.2 Å². The number of nitrogens with one attached hydrogen (secondary N) is 1. The van der Waals surface area contributed by atoms with Crippen LogP contribution in [-0.4, -0.2) is 35.4 Å². The molecule has 0 bridgehead atoms. The first kappa shape index (κ1) is 23.3.